The third kappa shape index (κ3) is 6.06. The molecule has 0 saturated heterocycles. The fourth-order valence-electron chi connectivity index (χ4n) is 10.4. The van der Waals surface area contributed by atoms with Crippen LogP contribution in [-0.4, -0.2) is 23.0 Å². The van der Waals surface area contributed by atoms with Gasteiger partial charge in [0.05, 0.1) is 12.2 Å². The van der Waals surface area contributed by atoms with Gasteiger partial charge in [-0.25, -0.2) is 0 Å². The Balaban J connectivity index is 1.17. The fourth-order valence-corrected chi connectivity index (χ4v) is 10.4. The molecule has 0 amide bonds. The van der Waals surface area contributed by atoms with Crippen LogP contribution in [0.3, 0.4) is 0 Å². The Morgan fingerprint density at radius 1 is 0.927 bits per heavy atom. The molecular weight excluding hydrogens is 508 g/mol. The van der Waals surface area contributed by atoms with Crippen molar-refractivity contribution in [1.82, 2.24) is 0 Å². The maximum absolute atomic E-state index is 13.7. The summed E-state index contributed by atoms with van der Waals surface area (Å²) < 4.78 is 12.2. The molecule has 4 heteroatoms. The summed E-state index contributed by atoms with van der Waals surface area (Å²) in [4.78, 5) is 25.7. The van der Waals surface area contributed by atoms with E-state index in [-0.39, 0.29) is 28.5 Å². The van der Waals surface area contributed by atoms with Gasteiger partial charge in [0, 0.05) is 19.3 Å². The van der Waals surface area contributed by atoms with Crippen LogP contribution >= 0.6 is 0 Å². The van der Waals surface area contributed by atoms with Gasteiger partial charge in [-0.3, -0.25) is 9.59 Å². The van der Waals surface area contributed by atoms with Crippen LogP contribution in [0.1, 0.15) is 131 Å². The van der Waals surface area contributed by atoms with Crippen LogP contribution in [-0.2, 0) is 25.7 Å². The molecular formula is C37H56O4. The van der Waals surface area contributed by atoms with E-state index < -0.39 is 0 Å². The lowest BCUT2D eigenvalue weighted by Gasteiger charge is -2.62. The predicted octanol–water partition coefficient (Wildman–Crippen LogP) is 9.09. The lowest BCUT2D eigenvalue weighted by molar-refractivity contribution is -0.183. The molecule has 4 aliphatic carbocycles. The number of benzene rings is 1. The van der Waals surface area contributed by atoms with Gasteiger partial charge in [-0.1, -0.05) is 51.1 Å². The molecule has 1 aromatic carbocycles. The number of hydrogen-bond acceptors (Lipinski definition) is 4. The summed E-state index contributed by atoms with van der Waals surface area (Å²) in [5, 5.41) is 0. The zero-order valence-electron chi connectivity index (χ0n) is 26.8. The lowest BCUT2D eigenvalue weighted by Crippen LogP contribution is -2.56. The number of hydrogen-bond donors (Lipinski definition) is 0. The van der Waals surface area contributed by atoms with Gasteiger partial charge in [0.2, 0.25) is 0 Å². The summed E-state index contributed by atoms with van der Waals surface area (Å²) in [6, 6.07) is 10.3. The number of ketones is 1. The highest BCUT2D eigenvalue weighted by Crippen LogP contribution is 2.68. The quantitative estimate of drug-likeness (QED) is 0.266. The van der Waals surface area contributed by atoms with Crippen LogP contribution in [0.2, 0.25) is 0 Å². The van der Waals surface area contributed by atoms with Gasteiger partial charge < -0.3 is 9.47 Å². The largest absolute Gasteiger partial charge is 0.459 e. The molecule has 5 rings (SSSR count). The number of esters is 1. The zero-order chi connectivity index (χ0) is 29.5. The van der Waals surface area contributed by atoms with Crippen LogP contribution in [0.5, 0.6) is 0 Å². The normalized spacial score (nSPS) is 38.4. The van der Waals surface area contributed by atoms with Gasteiger partial charge in [-0.05, 0) is 131 Å². The van der Waals surface area contributed by atoms with E-state index in [0.717, 1.165) is 50.4 Å². The number of carbonyl (C=O) groups excluding carboxylic acids is 2. The van der Waals surface area contributed by atoms with Crippen LogP contribution in [0, 0.1) is 40.4 Å². The van der Waals surface area contributed by atoms with E-state index in [1.54, 1.807) is 6.92 Å². The number of ether oxygens (including phenoxy) is 2. The van der Waals surface area contributed by atoms with Crippen molar-refractivity contribution in [2.45, 2.75) is 143 Å². The second kappa shape index (κ2) is 11.8. The van der Waals surface area contributed by atoms with Crippen molar-refractivity contribution in [3.63, 3.8) is 0 Å². The highest BCUT2D eigenvalue weighted by Gasteiger charge is 2.62. The Bertz CT molecular complexity index is 1080. The van der Waals surface area contributed by atoms with Crippen LogP contribution in [0.25, 0.3) is 0 Å². The first-order valence-electron chi connectivity index (χ1n) is 16.8. The average Bonchev–Trinajstić information content (AvgIpc) is 3.30. The summed E-state index contributed by atoms with van der Waals surface area (Å²) in [5.41, 5.74) is 1.23. The first-order valence-corrected chi connectivity index (χ1v) is 16.8. The highest BCUT2D eigenvalue weighted by atomic mass is 16.6. The van der Waals surface area contributed by atoms with Gasteiger partial charge in [-0.2, -0.15) is 0 Å². The van der Waals surface area contributed by atoms with E-state index in [9.17, 15) is 9.59 Å². The van der Waals surface area contributed by atoms with Crippen LogP contribution in [0.4, 0.5) is 0 Å². The van der Waals surface area contributed by atoms with E-state index in [1.807, 2.05) is 6.07 Å². The number of Topliss-reactive ketones (excluding diaryl/α,β-unsaturated/α-hetero) is 1. The van der Waals surface area contributed by atoms with Gasteiger partial charge in [0.25, 0.3) is 0 Å². The molecule has 4 saturated carbocycles. The van der Waals surface area contributed by atoms with Gasteiger partial charge >= 0.3 is 5.97 Å². The number of rotatable bonds is 10. The predicted molar refractivity (Wildman–Crippen MR) is 164 cm³/mol. The van der Waals surface area contributed by atoms with E-state index in [0.29, 0.717) is 36.1 Å². The van der Waals surface area contributed by atoms with Crippen LogP contribution < -0.4 is 0 Å². The first-order chi connectivity index (χ1) is 19.4. The molecule has 1 aromatic rings. The summed E-state index contributed by atoms with van der Waals surface area (Å²) >= 11 is 0. The smallest absolute Gasteiger partial charge is 0.303 e. The Morgan fingerprint density at radius 3 is 2.37 bits per heavy atom. The summed E-state index contributed by atoms with van der Waals surface area (Å²) in [6.45, 7) is 13.8. The molecule has 0 aromatic heterocycles. The average molecular weight is 565 g/mol. The zero-order valence-corrected chi connectivity index (χ0v) is 26.8. The molecule has 0 aliphatic heterocycles. The first kappa shape index (κ1) is 30.8. The minimum Gasteiger partial charge on any atom is -0.459 e. The number of carbonyl (C=O) groups is 2. The van der Waals surface area contributed by atoms with E-state index in [4.69, 9.17) is 9.47 Å². The van der Waals surface area contributed by atoms with E-state index in [1.165, 1.54) is 44.1 Å². The Kier molecular flexibility index (Phi) is 8.84. The third-order valence-corrected chi connectivity index (χ3v) is 12.9. The van der Waals surface area contributed by atoms with Crippen molar-refractivity contribution in [2.24, 2.45) is 40.4 Å². The molecule has 4 fully saturated rings. The SMILES string of the molecule is CC[C@]1(OC(C)=O)CC[C@@]2(C)[C@@H](CC[C@@H]3[C@@H]2CC[C@]2(C)[C@@H](C(=O)CCCC(C)(C)OCc4ccccc4)CC[C@@H]32)C1. The second-order valence-electron chi connectivity index (χ2n) is 15.5. The maximum Gasteiger partial charge on any atom is 0.303 e. The fraction of sp³-hybridized carbons (Fsp3) is 0.784. The van der Waals surface area contributed by atoms with E-state index in [2.05, 4.69) is 58.9 Å². The van der Waals surface area contributed by atoms with Crippen molar-refractivity contribution in [2.75, 3.05) is 0 Å². The van der Waals surface area contributed by atoms with Crippen molar-refractivity contribution in [3.8, 4) is 0 Å². The number of fused-ring (bicyclic) bond motifs is 5. The molecule has 41 heavy (non-hydrogen) atoms. The molecule has 4 aliphatic rings. The van der Waals surface area contributed by atoms with Crippen molar-refractivity contribution >= 4 is 11.8 Å². The Hall–Kier alpha value is -1.68. The molecule has 228 valence electrons. The molecule has 0 N–H and O–H groups in total. The Morgan fingerprint density at radius 2 is 1.66 bits per heavy atom. The molecule has 0 bridgehead atoms. The minimum absolute atomic E-state index is 0.123. The van der Waals surface area contributed by atoms with Gasteiger partial charge in [0.1, 0.15) is 11.4 Å². The topological polar surface area (TPSA) is 52.6 Å². The lowest BCUT2D eigenvalue weighted by atomic mass is 9.43. The summed E-state index contributed by atoms with van der Waals surface area (Å²) in [6.07, 6.45) is 14.0. The van der Waals surface area contributed by atoms with Gasteiger partial charge in [-0.15, -0.1) is 0 Å². The monoisotopic (exact) mass is 564 g/mol. The molecule has 0 heterocycles. The second-order valence-corrected chi connectivity index (χ2v) is 15.5. The van der Waals surface area contributed by atoms with Gasteiger partial charge in [0.15, 0.2) is 0 Å². The molecule has 0 unspecified atom stereocenters. The molecule has 4 nitrogen and oxygen atoms in total. The van der Waals surface area contributed by atoms with Crippen LogP contribution in [0.15, 0.2) is 30.3 Å². The summed E-state index contributed by atoms with van der Waals surface area (Å²) in [5.74, 6) is 3.46. The van der Waals surface area contributed by atoms with E-state index >= 15 is 0 Å². The standard InChI is InChI=1S/C37H56O4/c1-7-37(41-26(2)38)23-22-35(5)28(24-37)15-16-29-30-17-18-32(36(30,6)21-19-31(29)35)33(39)14-11-20-34(3,4)40-25-27-12-9-8-10-13-27/h8-10,12-13,28-32H,7,11,14-25H2,1-6H3/t28-,29-,30-,31-,32+,35-,36-,37-/m0/s1. The molecule has 0 radical (unpaired) electrons. The highest BCUT2D eigenvalue weighted by molar-refractivity contribution is 5.82. The molecule has 8 atom stereocenters. The van der Waals surface area contributed by atoms with Crippen molar-refractivity contribution in [3.05, 3.63) is 35.9 Å². The molecule has 0 spiro atoms. The van der Waals surface area contributed by atoms with Crippen molar-refractivity contribution in [1.29, 1.82) is 0 Å². The third-order valence-electron chi connectivity index (χ3n) is 12.9. The minimum atomic E-state index is -0.252. The maximum atomic E-state index is 13.7. The Labute approximate surface area is 249 Å². The van der Waals surface area contributed by atoms with Crippen molar-refractivity contribution < 1.29 is 19.1 Å². The summed E-state index contributed by atoms with van der Waals surface area (Å²) in [7, 11) is 0.